The van der Waals surface area contributed by atoms with Crippen molar-refractivity contribution in [3.8, 4) is 5.75 Å². The Hall–Kier alpha value is -3.09. The molecule has 25 heavy (non-hydrogen) atoms. The van der Waals surface area contributed by atoms with Crippen LogP contribution < -0.4 is 4.74 Å². The van der Waals surface area contributed by atoms with Gasteiger partial charge < -0.3 is 18.6 Å². The molecule has 0 N–H and O–H groups in total. The zero-order chi connectivity index (χ0) is 18.4. The van der Waals surface area contributed by atoms with E-state index in [0.717, 1.165) is 0 Å². The van der Waals surface area contributed by atoms with Gasteiger partial charge in [-0.3, -0.25) is 4.79 Å². The minimum atomic E-state index is -0.640. The molecular weight excluding hydrogens is 328 g/mol. The third-order valence-corrected chi connectivity index (χ3v) is 3.31. The SMILES string of the molecule is CCOC(=O)c1cc(C(C)=O)c(COc2ccc(C(=O)OC)cc2)o1. The van der Waals surface area contributed by atoms with Crippen LogP contribution in [0, 0.1) is 0 Å². The normalized spacial score (nSPS) is 10.2. The number of carbonyl (C=O) groups excluding carboxylic acids is 3. The zero-order valence-corrected chi connectivity index (χ0v) is 14.2. The maximum Gasteiger partial charge on any atom is 0.374 e. The van der Waals surface area contributed by atoms with E-state index in [2.05, 4.69) is 4.74 Å². The summed E-state index contributed by atoms with van der Waals surface area (Å²) in [6.07, 6.45) is 0. The van der Waals surface area contributed by atoms with Crippen molar-refractivity contribution < 1.29 is 33.0 Å². The molecule has 0 amide bonds. The molecular formula is C18H18O7. The number of hydrogen-bond donors (Lipinski definition) is 0. The fraction of sp³-hybridized carbons (Fsp3) is 0.278. The first-order valence-electron chi connectivity index (χ1n) is 7.58. The van der Waals surface area contributed by atoms with Crippen LogP contribution in [0.3, 0.4) is 0 Å². The lowest BCUT2D eigenvalue weighted by Crippen LogP contribution is -2.03. The van der Waals surface area contributed by atoms with E-state index in [4.69, 9.17) is 13.9 Å². The van der Waals surface area contributed by atoms with Gasteiger partial charge in [0.2, 0.25) is 5.76 Å². The van der Waals surface area contributed by atoms with Crippen LogP contribution >= 0.6 is 0 Å². The average Bonchev–Trinajstić information content (AvgIpc) is 3.04. The predicted octanol–water partition coefficient (Wildman–Crippen LogP) is 3.02. The molecule has 132 valence electrons. The first-order valence-corrected chi connectivity index (χ1v) is 7.58. The van der Waals surface area contributed by atoms with E-state index >= 15 is 0 Å². The summed E-state index contributed by atoms with van der Waals surface area (Å²) < 4.78 is 20.4. The highest BCUT2D eigenvalue weighted by Crippen LogP contribution is 2.21. The molecule has 2 aromatic rings. The number of carbonyl (C=O) groups is 3. The summed E-state index contributed by atoms with van der Waals surface area (Å²) in [7, 11) is 1.30. The van der Waals surface area contributed by atoms with E-state index < -0.39 is 11.9 Å². The molecule has 0 saturated heterocycles. The van der Waals surface area contributed by atoms with Gasteiger partial charge in [-0.05, 0) is 38.1 Å². The molecule has 7 nitrogen and oxygen atoms in total. The number of ether oxygens (including phenoxy) is 3. The Morgan fingerprint density at radius 1 is 1.08 bits per heavy atom. The maximum absolute atomic E-state index is 11.7. The van der Waals surface area contributed by atoms with Crippen molar-refractivity contribution in [1.82, 2.24) is 0 Å². The molecule has 1 aromatic heterocycles. The molecule has 0 unspecified atom stereocenters. The van der Waals surface area contributed by atoms with Crippen LogP contribution in [0.2, 0.25) is 0 Å². The van der Waals surface area contributed by atoms with Crippen molar-refractivity contribution in [2.75, 3.05) is 13.7 Å². The quantitative estimate of drug-likeness (QED) is 0.562. The van der Waals surface area contributed by atoms with Crippen molar-refractivity contribution in [1.29, 1.82) is 0 Å². The van der Waals surface area contributed by atoms with Crippen LogP contribution in [0.5, 0.6) is 5.75 Å². The van der Waals surface area contributed by atoms with Crippen LogP contribution in [-0.2, 0) is 16.1 Å². The second-order valence-electron chi connectivity index (χ2n) is 5.03. The lowest BCUT2D eigenvalue weighted by atomic mass is 10.2. The van der Waals surface area contributed by atoms with E-state index in [-0.39, 0.29) is 36.1 Å². The minimum absolute atomic E-state index is 0.0494. The van der Waals surface area contributed by atoms with Gasteiger partial charge in [0.25, 0.3) is 0 Å². The fourth-order valence-electron chi connectivity index (χ4n) is 2.09. The molecule has 0 radical (unpaired) electrons. The monoisotopic (exact) mass is 346 g/mol. The molecule has 0 saturated carbocycles. The molecule has 0 spiro atoms. The Labute approximate surface area is 144 Å². The second-order valence-corrected chi connectivity index (χ2v) is 5.03. The molecule has 2 rings (SSSR count). The van der Waals surface area contributed by atoms with E-state index in [1.54, 1.807) is 31.2 Å². The van der Waals surface area contributed by atoms with Crippen LogP contribution in [0.1, 0.15) is 50.9 Å². The van der Waals surface area contributed by atoms with Crippen LogP contribution in [0.15, 0.2) is 34.7 Å². The van der Waals surface area contributed by atoms with Crippen molar-refractivity contribution >= 4 is 17.7 Å². The van der Waals surface area contributed by atoms with E-state index in [1.165, 1.54) is 20.1 Å². The highest BCUT2D eigenvalue weighted by Gasteiger charge is 2.20. The third kappa shape index (κ3) is 4.47. The summed E-state index contributed by atoms with van der Waals surface area (Å²) in [5.74, 6) is -0.691. The van der Waals surface area contributed by atoms with Gasteiger partial charge in [-0.2, -0.15) is 0 Å². The number of furan rings is 1. The fourth-order valence-corrected chi connectivity index (χ4v) is 2.09. The van der Waals surface area contributed by atoms with Crippen molar-refractivity contribution in [3.05, 3.63) is 53.0 Å². The summed E-state index contributed by atoms with van der Waals surface area (Å²) in [5, 5.41) is 0. The number of esters is 2. The summed E-state index contributed by atoms with van der Waals surface area (Å²) in [5.41, 5.74) is 0.649. The molecule has 0 atom stereocenters. The highest BCUT2D eigenvalue weighted by atomic mass is 16.5. The third-order valence-electron chi connectivity index (χ3n) is 3.31. The van der Waals surface area contributed by atoms with Crippen molar-refractivity contribution in [2.24, 2.45) is 0 Å². The first kappa shape index (κ1) is 18.3. The second kappa shape index (κ2) is 8.14. The number of methoxy groups -OCH3 is 1. The summed E-state index contributed by atoms with van der Waals surface area (Å²) in [4.78, 5) is 34.8. The van der Waals surface area contributed by atoms with Crippen LogP contribution in [0.4, 0.5) is 0 Å². The predicted molar refractivity (Wildman–Crippen MR) is 86.8 cm³/mol. The summed E-state index contributed by atoms with van der Waals surface area (Å²) in [6, 6.07) is 7.64. The standard InChI is InChI=1S/C18H18O7/c1-4-23-18(21)15-9-14(11(2)19)16(25-15)10-24-13-7-5-12(6-8-13)17(20)22-3/h5-9H,4,10H2,1-3H3. The van der Waals surface area contributed by atoms with Gasteiger partial charge in [-0.25, -0.2) is 9.59 Å². The summed E-state index contributed by atoms with van der Waals surface area (Å²) >= 11 is 0. The molecule has 0 aliphatic carbocycles. The Morgan fingerprint density at radius 2 is 1.76 bits per heavy atom. The zero-order valence-electron chi connectivity index (χ0n) is 14.2. The molecule has 1 heterocycles. The molecule has 0 bridgehead atoms. The Morgan fingerprint density at radius 3 is 2.32 bits per heavy atom. The maximum atomic E-state index is 11.7. The largest absolute Gasteiger partial charge is 0.486 e. The number of benzene rings is 1. The molecule has 0 aliphatic heterocycles. The number of rotatable bonds is 7. The van der Waals surface area contributed by atoms with Gasteiger partial charge in [0, 0.05) is 6.07 Å². The molecule has 0 fully saturated rings. The lowest BCUT2D eigenvalue weighted by Gasteiger charge is -2.06. The number of hydrogen-bond acceptors (Lipinski definition) is 7. The topological polar surface area (TPSA) is 92.0 Å². The number of Topliss-reactive ketones (excluding diaryl/α,β-unsaturated/α-hetero) is 1. The average molecular weight is 346 g/mol. The Kier molecular flexibility index (Phi) is 5.94. The minimum Gasteiger partial charge on any atom is -0.486 e. The van der Waals surface area contributed by atoms with E-state index in [9.17, 15) is 14.4 Å². The lowest BCUT2D eigenvalue weighted by molar-refractivity contribution is 0.0485. The van der Waals surface area contributed by atoms with Gasteiger partial charge >= 0.3 is 11.9 Å². The van der Waals surface area contributed by atoms with Gasteiger partial charge in [-0.15, -0.1) is 0 Å². The van der Waals surface area contributed by atoms with Gasteiger partial charge in [0.1, 0.15) is 12.4 Å². The Bertz CT molecular complexity index is 771. The van der Waals surface area contributed by atoms with Crippen molar-refractivity contribution in [3.63, 3.8) is 0 Å². The molecule has 1 aromatic carbocycles. The smallest absolute Gasteiger partial charge is 0.374 e. The highest BCUT2D eigenvalue weighted by molar-refractivity contribution is 5.98. The van der Waals surface area contributed by atoms with E-state index in [1.807, 2.05) is 0 Å². The molecule has 7 heteroatoms. The van der Waals surface area contributed by atoms with E-state index in [0.29, 0.717) is 11.3 Å². The summed E-state index contributed by atoms with van der Waals surface area (Å²) in [6.45, 7) is 3.20. The molecule has 0 aliphatic rings. The van der Waals surface area contributed by atoms with Gasteiger partial charge in [0.05, 0.1) is 24.8 Å². The Balaban J connectivity index is 2.12. The number of ketones is 1. The van der Waals surface area contributed by atoms with Crippen LogP contribution in [-0.4, -0.2) is 31.4 Å². The van der Waals surface area contributed by atoms with Crippen LogP contribution in [0.25, 0.3) is 0 Å². The van der Waals surface area contributed by atoms with Gasteiger partial charge in [-0.1, -0.05) is 0 Å². The van der Waals surface area contributed by atoms with Gasteiger partial charge in [0.15, 0.2) is 11.5 Å². The van der Waals surface area contributed by atoms with Crippen molar-refractivity contribution in [2.45, 2.75) is 20.5 Å². The first-order chi connectivity index (χ1) is 12.0.